The summed E-state index contributed by atoms with van der Waals surface area (Å²) in [6.07, 6.45) is 5.09. The second-order valence-corrected chi connectivity index (χ2v) is 7.16. The fourth-order valence-electron chi connectivity index (χ4n) is 3.12. The Bertz CT molecular complexity index is 1190. The molecule has 0 unspecified atom stereocenters. The molecule has 1 aliphatic carbocycles. The molecule has 1 aliphatic rings. The maximum absolute atomic E-state index is 6.01. The largest absolute Gasteiger partial charge is 0.488 e. The first-order chi connectivity index (χ1) is 15.2. The molecule has 1 aromatic carbocycles. The Balaban J connectivity index is 1.46. The third kappa shape index (κ3) is 3.87. The van der Waals surface area contributed by atoms with Crippen molar-refractivity contribution in [3.63, 3.8) is 0 Å². The van der Waals surface area contributed by atoms with Gasteiger partial charge in [-0.3, -0.25) is 0 Å². The quantitative estimate of drug-likeness (QED) is 0.500. The number of benzene rings is 1. The molecule has 0 aliphatic heterocycles. The van der Waals surface area contributed by atoms with Crippen LogP contribution in [0.2, 0.25) is 0 Å². The molecule has 5 rings (SSSR count). The van der Waals surface area contributed by atoms with E-state index in [2.05, 4.69) is 30.1 Å². The maximum Gasteiger partial charge on any atom is 0.280 e. The van der Waals surface area contributed by atoms with E-state index in [9.17, 15) is 0 Å². The molecule has 0 amide bonds. The summed E-state index contributed by atoms with van der Waals surface area (Å²) in [6, 6.07) is 13.3. The number of nitrogen functional groups attached to an aromatic ring is 1. The number of ether oxygens (including phenoxy) is 1. The van der Waals surface area contributed by atoms with Crippen molar-refractivity contribution in [3.05, 3.63) is 48.7 Å². The molecule has 0 radical (unpaired) electrons. The van der Waals surface area contributed by atoms with Gasteiger partial charge in [-0.15, -0.1) is 0 Å². The minimum Gasteiger partial charge on any atom is -0.488 e. The lowest BCUT2D eigenvalue weighted by Gasteiger charge is -2.26. The maximum atomic E-state index is 6.01. The summed E-state index contributed by atoms with van der Waals surface area (Å²) in [4.78, 5) is 23.5. The van der Waals surface area contributed by atoms with Crippen molar-refractivity contribution >= 4 is 17.6 Å². The Morgan fingerprint density at radius 3 is 2.61 bits per heavy atom. The van der Waals surface area contributed by atoms with Crippen LogP contribution in [0.3, 0.4) is 0 Å². The molecule has 4 aromatic rings. The zero-order chi connectivity index (χ0) is 21.2. The van der Waals surface area contributed by atoms with E-state index < -0.39 is 0 Å². The van der Waals surface area contributed by atoms with Gasteiger partial charge in [0.25, 0.3) is 5.89 Å². The SMILES string of the molecule is CN(c1ccccc1)c1nc(N)nc(-c2noc(-c3ncccc3OC3CCC3)n2)n1. The Kier molecular flexibility index (Phi) is 4.87. The van der Waals surface area contributed by atoms with Gasteiger partial charge in [-0.25, -0.2) is 4.98 Å². The van der Waals surface area contributed by atoms with E-state index >= 15 is 0 Å². The van der Waals surface area contributed by atoms with Crippen LogP contribution in [0, 0.1) is 0 Å². The van der Waals surface area contributed by atoms with E-state index in [0.29, 0.717) is 17.4 Å². The number of nitrogens with two attached hydrogens (primary N) is 1. The van der Waals surface area contributed by atoms with E-state index in [4.69, 9.17) is 15.0 Å². The summed E-state index contributed by atoms with van der Waals surface area (Å²) in [6.45, 7) is 0. The average molecular weight is 416 g/mol. The topological polar surface area (TPSA) is 129 Å². The van der Waals surface area contributed by atoms with Gasteiger partial charge in [-0.05, 0) is 43.5 Å². The zero-order valence-electron chi connectivity index (χ0n) is 16.8. The van der Waals surface area contributed by atoms with Crippen LogP contribution in [0.4, 0.5) is 17.6 Å². The predicted octanol–water partition coefficient (Wildman–Crippen LogP) is 3.27. The lowest BCUT2D eigenvalue weighted by Crippen LogP contribution is -2.24. The van der Waals surface area contributed by atoms with Gasteiger partial charge in [0.15, 0.2) is 11.4 Å². The fourth-order valence-corrected chi connectivity index (χ4v) is 3.12. The molecule has 0 bridgehead atoms. The first-order valence-corrected chi connectivity index (χ1v) is 9.94. The Morgan fingerprint density at radius 1 is 1.00 bits per heavy atom. The van der Waals surface area contributed by atoms with Gasteiger partial charge >= 0.3 is 0 Å². The van der Waals surface area contributed by atoms with Crippen molar-refractivity contribution in [1.29, 1.82) is 0 Å². The van der Waals surface area contributed by atoms with Crippen LogP contribution in [-0.4, -0.2) is 43.2 Å². The summed E-state index contributed by atoms with van der Waals surface area (Å²) in [5, 5.41) is 4.02. The highest BCUT2D eigenvalue weighted by Gasteiger charge is 2.24. The lowest BCUT2D eigenvalue weighted by molar-refractivity contribution is 0.120. The molecule has 3 aromatic heterocycles. The zero-order valence-corrected chi connectivity index (χ0v) is 16.8. The van der Waals surface area contributed by atoms with E-state index in [0.717, 1.165) is 18.5 Å². The van der Waals surface area contributed by atoms with E-state index in [1.807, 2.05) is 49.5 Å². The van der Waals surface area contributed by atoms with Gasteiger partial charge in [0.05, 0.1) is 6.10 Å². The van der Waals surface area contributed by atoms with Gasteiger partial charge in [0.1, 0.15) is 0 Å². The molecule has 0 atom stereocenters. The van der Waals surface area contributed by atoms with Crippen LogP contribution in [0.15, 0.2) is 53.2 Å². The van der Waals surface area contributed by atoms with Crippen molar-refractivity contribution in [3.8, 4) is 29.0 Å². The molecule has 1 fully saturated rings. The van der Waals surface area contributed by atoms with Gasteiger partial charge in [0, 0.05) is 18.9 Å². The smallest absolute Gasteiger partial charge is 0.280 e. The molecule has 3 heterocycles. The van der Waals surface area contributed by atoms with Crippen LogP contribution in [0.1, 0.15) is 19.3 Å². The van der Waals surface area contributed by atoms with Crippen molar-refractivity contribution in [2.24, 2.45) is 0 Å². The lowest BCUT2D eigenvalue weighted by atomic mass is 9.96. The van der Waals surface area contributed by atoms with Crippen LogP contribution in [0.25, 0.3) is 23.2 Å². The summed E-state index contributed by atoms with van der Waals surface area (Å²) in [5.41, 5.74) is 7.31. The molecule has 2 N–H and O–H groups in total. The number of rotatable bonds is 6. The number of hydrogen-bond acceptors (Lipinski definition) is 10. The summed E-state index contributed by atoms with van der Waals surface area (Å²) < 4.78 is 11.5. The van der Waals surface area contributed by atoms with Crippen molar-refractivity contribution in [2.45, 2.75) is 25.4 Å². The Hall–Kier alpha value is -4.08. The molecule has 156 valence electrons. The number of para-hydroxylation sites is 1. The van der Waals surface area contributed by atoms with E-state index in [1.165, 1.54) is 6.42 Å². The monoisotopic (exact) mass is 416 g/mol. The van der Waals surface area contributed by atoms with E-state index in [1.54, 1.807) is 11.1 Å². The van der Waals surface area contributed by atoms with Gasteiger partial charge in [-0.2, -0.15) is 19.9 Å². The van der Waals surface area contributed by atoms with Crippen molar-refractivity contribution in [1.82, 2.24) is 30.1 Å². The van der Waals surface area contributed by atoms with E-state index in [-0.39, 0.29) is 29.6 Å². The molecular weight excluding hydrogens is 396 g/mol. The number of pyridine rings is 1. The molecule has 31 heavy (non-hydrogen) atoms. The van der Waals surface area contributed by atoms with Gasteiger partial charge in [0.2, 0.25) is 23.5 Å². The standard InChI is InChI=1S/C21H20N8O2/c1-29(13-7-3-2-4-8-13)21-26-17(25-20(22)27-21)18-24-19(31-28-18)16-15(11-6-12-23-16)30-14-9-5-10-14/h2-4,6-8,11-12,14H,5,9-10H2,1H3,(H2,22,25,26,27). The van der Waals surface area contributed by atoms with Crippen molar-refractivity contribution < 1.29 is 9.26 Å². The minimum absolute atomic E-state index is 0.0565. The van der Waals surface area contributed by atoms with Crippen LogP contribution in [-0.2, 0) is 0 Å². The summed E-state index contributed by atoms with van der Waals surface area (Å²) >= 11 is 0. The van der Waals surface area contributed by atoms with Gasteiger partial charge in [-0.1, -0.05) is 23.4 Å². The third-order valence-corrected chi connectivity index (χ3v) is 5.03. The summed E-state index contributed by atoms with van der Waals surface area (Å²) in [5.74, 6) is 1.65. The first kappa shape index (κ1) is 18.9. The number of anilines is 3. The molecular formula is C21H20N8O2. The normalized spacial score (nSPS) is 13.6. The predicted molar refractivity (Wildman–Crippen MR) is 114 cm³/mol. The Morgan fingerprint density at radius 2 is 1.84 bits per heavy atom. The Labute approximate surface area is 178 Å². The van der Waals surface area contributed by atoms with Crippen LogP contribution < -0.4 is 15.4 Å². The molecule has 10 nitrogen and oxygen atoms in total. The van der Waals surface area contributed by atoms with Crippen LogP contribution >= 0.6 is 0 Å². The minimum atomic E-state index is 0.0565. The second-order valence-electron chi connectivity index (χ2n) is 7.16. The third-order valence-electron chi connectivity index (χ3n) is 5.03. The molecule has 0 spiro atoms. The average Bonchev–Trinajstić information content (AvgIpc) is 3.26. The number of nitrogens with zero attached hydrogens (tertiary/aromatic N) is 7. The van der Waals surface area contributed by atoms with Crippen LogP contribution in [0.5, 0.6) is 5.75 Å². The highest BCUT2D eigenvalue weighted by Crippen LogP contribution is 2.32. The summed E-state index contributed by atoms with van der Waals surface area (Å²) in [7, 11) is 1.84. The second kappa shape index (κ2) is 7.98. The van der Waals surface area contributed by atoms with Gasteiger partial charge < -0.3 is 19.9 Å². The fraction of sp³-hybridized carbons (Fsp3) is 0.238. The highest BCUT2D eigenvalue weighted by atomic mass is 16.5. The van der Waals surface area contributed by atoms with Crippen molar-refractivity contribution in [2.75, 3.05) is 17.7 Å². The molecule has 1 saturated carbocycles. The highest BCUT2D eigenvalue weighted by molar-refractivity contribution is 5.61. The first-order valence-electron chi connectivity index (χ1n) is 9.94. The number of hydrogen-bond donors (Lipinski definition) is 1. The molecule has 0 saturated heterocycles. The number of aromatic nitrogens is 6. The molecule has 10 heteroatoms.